The fourth-order valence-electron chi connectivity index (χ4n) is 2.11. The van der Waals surface area contributed by atoms with Crippen molar-refractivity contribution in [1.29, 1.82) is 5.26 Å². The Bertz CT molecular complexity index is 354. The molecule has 0 spiro atoms. The Kier molecular flexibility index (Phi) is 11.6. The SMILES string of the molecule is CCCCCCCCCC[n+]1ccc(C#N)cc1.[Br-]. The van der Waals surface area contributed by atoms with Crippen LogP contribution in [-0.4, -0.2) is 0 Å². The summed E-state index contributed by atoms with van der Waals surface area (Å²) < 4.78 is 2.16. The molecule has 0 atom stereocenters. The molecule has 1 rings (SSSR count). The van der Waals surface area contributed by atoms with Crippen LogP contribution >= 0.6 is 0 Å². The average Bonchev–Trinajstić information content (AvgIpc) is 2.42. The van der Waals surface area contributed by atoms with Crippen molar-refractivity contribution < 1.29 is 21.5 Å². The van der Waals surface area contributed by atoms with Gasteiger partial charge in [0.2, 0.25) is 0 Å². The summed E-state index contributed by atoms with van der Waals surface area (Å²) in [6.45, 7) is 3.33. The highest BCUT2D eigenvalue weighted by atomic mass is 79.9. The van der Waals surface area contributed by atoms with Crippen LogP contribution in [-0.2, 0) is 6.54 Å². The number of nitrogens with zero attached hydrogens (tertiary/aromatic N) is 2. The number of aryl methyl sites for hydroxylation is 1. The summed E-state index contributed by atoms with van der Waals surface area (Å²) in [5, 5.41) is 8.70. The number of hydrogen-bond acceptors (Lipinski definition) is 1. The van der Waals surface area contributed by atoms with Crippen LogP contribution in [0.3, 0.4) is 0 Å². The number of halogens is 1. The molecule has 0 amide bonds. The average molecular weight is 325 g/mol. The first-order chi connectivity index (χ1) is 8.86. The standard InChI is InChI=1S/C16H25N2.BrH/c1-2-3-4-5-6-7-8-9-12-18-13-10-16(15-17)11-14-18;/h10-11,13-14H,2-9,12H2,1H3;1H/q+1;/p-1. The highest BCUT2D eigenvalue weighted by Crippen LogP contribution is 2.08. The van der Waals surface area contributed by atoms with E-state index in [-0.39, 0.29) is 17.0 Å². The third-order valence-corrected chi connectivity index (χ3v) is 3.29. The zero-order valence-corrected chi connectivity index (χ0v) is 13.5. The molecule has 0 fully saturated rings. The van der Waals surface area contributed by atoms with E-state index in [0.29, 0.717) is 0 Å². The van der Waals surface area contributed by atoms with Crippen LogP contribution in [0.1, 0.15) is 63.9 Å². The van der Waals surface area contributed by atoms with Crippen molar-refractivity contribution in [1.82, 2.24) is 0 Å². The number of hydrogen-bond donors (Lipinski definition) is 0. The number of unbranched alkanes of at least 4 members (excludes halogenated alkanes) is 7. The zero-order valence-electron chi connectivity index (χ0n) is 11.9. The molecule has 0 aliphatic carbocycles. The molecule has 0 saturated carbocycles. The van der Waals surface area contributed by atoms with Crippen LogP contribution in [0.2, 0.25) is 0 Å². The monoisotopic (exact) mass is 324 g/mol. The van der Waals surface area contributed by atoms with Gasteiger partial charge in [0, 0.05) is 18.6 Å². The molecular weight excluding hydrogens is 300 g/mol. The summed E-state index contributed by atoms with van der Waals surface area (Å²) in [6, 6.07) is 5.90. The summed E-state index contributed by atoms with van der Waals surface area (Å²) in [6.07, 6.45) is 14.8. The van der Waals surface area contributed by atoms with Gasteiger partial charge in [-0.2, -0.15) is 5.26 Å². The molecule has 0 saturated heterocycles. The van der Waals surface area contributed by atoms with Gasteiger partial charge in [0.25, 0.3) is 0 Å². The van der Waals surface area contributed by atoms with E-state index >= 15 is 0 Å². The second-order valence-corrected chi connectivity index (χ2v) is 4.91. The summed E-state index contributed by atoms with van der Waals surface area (Å²) in [5.41, 5.74) is 0.738. The minimum Gasteiger partial charge on any atom is -1.00 e. The maximum Gasteiger partial charge on any atom is 0.170 e. The van der Waals surface area contributed by atoms with Crippen LogP contribution in [0.15, 0.2) is 24.5 Å². The summed E-state index contributed by atoms with van der Waals surface area (Å²) >= 11 is 0. The Hall–Kier alpha value is -0.880. The van der Waals surface area contributed by atoms with Crippen molar-refractivity contribution in [3.05, 3.63) is 30.1 Å². The molecule has 0 N–H and O–H groups in total. The Labute approximate surface area is 128 Å². The predicted molar refractivity (Wildman–Crippen MR) is 74.0 cm³/mol. The van der Waals surface area contributed by atoms with Crippen molar-refractivity contribution >= 4 is 0 Å². The highest BCUT2D eigenvalue weighted by molar-refractivity contribution is 5.23. The van der Waals surface area contributed by atoms with E-state index in [1.54, 1.807) is 0 Å². The molecule has 0 radical (unpaired) electrons. The summed E-state index contributed by atoms with van der Waals surface area (Å²) in [7, 11) is 0. The molecule has 3 heteroatoms. The van der Waals surface area contributed by atoms with Crippen molar-refractivity contribution in [3.63, 3.8) is 0 Å². The zero-order chi connectivity index (χ0) is 13.1. The number of pyridine rings is 1. The maximum absolute atomic E-state index is 8.70. The van der Waals surface area contributed by atoms with Crippen LogP contribution in [0.25, 0.3) is 0 Å². The predicted octanol–water partition coefficient (Wildman–Crippen LogP) is 0.990. The summed E-state index contributed by atoms with van der Waals surface area (Å²) in [5.74, 6) is 0. The van der Waals surface area contributed by atoms with Gasteiger partial charge >= 0.3 is 0 Å². The lowest BCUT2D eigenvalue weighted by molar-refractivity contribution is -0.697. The molecule has 1 heterocycles. The first-order valence-electron chi connectivity index (χ1n) is 7.26. The molecule has 106 valence electrons. The van der Waals surface area contributed by atoms with Gasteiger partial charge in [-0.05, 0) is 6.42 Å². The van der Waals surface area contributed by atoms with Gasteiger partial charge in [-0.25, -0.2) is 4.57 Å². The first-order valence-corrected chi connectivity index (χ1v) is 7.26. The van der Waals surface area contributed by atoms with Gasteiger partial charge in [0.15, 0.2) is 12.4 Å². The van der Waals surface area contributed by atoms with Crippen molar-refractivity contribution in [2.24, 2.45) is 0 Å². The molecular formula is C16H25BrN2. The molecule has 2 nitrogen and oxygen atoms in total. The third-order valence-electron chi connectivity index (χ3n) is 3.29. The number of aromatic nitrogens is 1. The second kappa shape index (κ2) is 12.2. The largest absolute Gasteiger partial charge is 1.00 e. The van der Waals surface area contributed by atoms with Gasteiger partial charge in [-0.15, -0.1) is 0 Å². The topological polar surface area (TPSA) is 27.7 Å². The minimum atomic E-state index is 0. The smallest absolute Gasteiger partial charge is 0.170 e. The van der Waals surface area contributed by atoms with Crippen LogP contribution in [0, 0.1) is 11.3 Å². The van der Waals surface area contributed by atoms with E-state index in [2.05, 4.69) is 17.6 Å². The van der Waals surface area contributed by atoms with E-state index < -0.39 is 0 Å². The normalized spacial score (nSPS) is 9.68. The van der Waals surface area contributed by atoms with Gasteiger partial charge in [-0.3, -0.25) is 0 Å². The van der Waals surface area contributed by atoms with E-state index in [1.165, 1.54) is 51.4 Å². The van der Waals surface area contributed by atoms with Crippen molar-refractivity contribution in [2.75, 3.05) is 0 Å². The molecule has 19 heavy (non-hydrogen) atoms. The molecule has 1 aromatic rings. The lowest BCUT2D eigenvalue weighted by Crippen LogP contribution is -3.00. The maximum atomic E-state index is 8.70. The van der Waals surface area contributed by atoms with E-state index in [0.717, 1.165) is 12.1 Å². The second-order valence-electron chi connectivity index (χ2n) is 4.91. The van der Waals surface area contributed by atoms with E-state index in [1.807, 2.05) is 24.5 Å². The molecule has 0 aliphatic heterocycles. The number of nitriles is 1. The Morgan fingerprint density at radius 1 is 0.947 bits per heavy atom. The Balaban J connectivity index is 0.00000324. The molecule has 0 aliphatic rings. The minimum absolute atomic E-state index is 0. The van der Waals surface area contributed by atoms with Gasteiger partial charge in [0.1, 0.15) is 6.54 Å². The molecule has 1 aromatic heterocycles. The fourth-order valence-corrected chi connectivity index (χ4v) is 2.11. The van der Waals surface area contributed by atoms with Gasteiger partial charge in [-0.1, -0.05) is 45.4 Å². The number of rotatable bonds is 9. The fraction of sp³-hybridized carbons (Fsp3) is 0.625. The lowest BCUT2D eigenvalue weighted by atomic mass is 10.1. The third kappa shape index (κ3) is 8.77. The van der Waals surface area contributed by atoms with Crippen LogP contribution in [0.5, 0.6) is 0 Å². The van der Waals surface area contributed by atoms with Crippen molar-refractivity contribution in [3.8, 4) is 6.07 Å². The molecule has 0 bridgehead atoms. The Morgan fingerprint density at radius 3 is 2.00 bits per heavy atom. The van der Waals surface area contributed by atoms with Gasteiger partial charge < -0.3 is 17.0 Å². The lowest BCUT2D eigenvalue weighted by Gasteiger charge is -2.00. The quantitative estimate of drug-likeness (QED) is 0.491. The van der Waals surface area contributed by atoms with Crippen molar-refractivity contribution in [2.45, 2.75) is 64.8 Å². The Morgan fingerprint density at radius 2 is 1.47 bits per heavy atom. The molecule has 0 aromatic carbocycles. The van der Waals surface area contributed by atoms with Crippen LogP contribution < -0.4 is 21.5 Å². The van der Waals surface area contributed by atoms with E-state index in [4.69, 9.17) is 5.26 Å². The van der Waals surface area contributed by atoms with E-state index in [9.17, 15) is 0 Å². The first kappa shape index (κ1) is 18.1. The van der Waals surface area contributed by atoms with Gasteiger partial charge in [0.05, 0.1) is 11.6 Å². The highest BCUT2D eigenvalue weighted by Gasteiger charge is 2.00. The molecule has 0 unspecified atom stereocenters. The summed E-state index contributed by atoms with van der Waals surface area (Å²) in [4.78, 5) is 0. The van der Waals surface area contributed by atoms with Crippen LogP contribution in [0.4, 0.5) is 0 Å².